The van der Waals surface area contributed by atoms with Gasteiger partial charge in [-0.05, 0) is 19.2 Å². The van der Waals surface area contributed by atoms with Crippen molar-refractivity contribution >= 4 is 18.3 Å². The highest BCUT2D eigenvalue weighted by atomic mass is 19.1. The Morgan fingerprint density at radius 3 is 3.13 bits per heavy atom. The number of nitrogens with zero attached hydrogens (tertiary/aromatic N) is 4. The van der Waals surface area contributed by atoms with Gasteiger partial charge in [0.2, 0.25) is 5.91 Å². The molecule has 6 nitrogen and oxygen atoms in total. The molecule has 1 aliphatic heterocycles. The van der Waals surface area contributed by atoms with Crippen molar-refractivity contribution in [2.45, 2.75) is 6.42 Å². The summed E-state index contributed by atoms with van der Waals surface area (Å²) in [5.41, 5.74) is 0.404. The number of amides is 1. The zero-order valence-corrected chi connectivity index (χ0v) is 13.2. The van der Waals surface area contributed by atoms with E-state index in [1.54, 1.807) is 11.9 Å². The van der Waals surface area contributed by atoms with Crippen molar-refractivity contribution in [1.29, 1.82) is 0 Å². The van der Waals surface area contributed by atoms with Crippen LogP contribution in [-0.2, 0) is 9.53 Å². The number of aromatic nitrogens is 1. The zero-order chi connectivity index (χ0) is 16.7. The number of carbonyl (C=O) groups excluding carboxylic acids is 1. The van der Waals surface area contributed by atoms with Gasteiger partial charge in [0.1, 0.15) is 0 Å². The molecule has 0 bridgehead atoms. The van der Waals surface area contributed by atoms with Crippen LogP contribution >= 0.6 is 0 Å². The van der Waals surface area contributed by atoms with E-state index in [2.05, 4.69) is 21.6 Å². The highest BCUT2D eigenvalue weighted by molar-refractivity contribution is 5.95. The first-order valence-electron chi connectivity index (χ1n) is 7.45. The predicted molar refractivity (Wildman–Crippen MR) is 86.4 cm³/mol. The highest BCUT2D eigenvalue weighted by Crippen LogP contribution is 2.18. The maximum absolute atomic E-state index is 13.8. The first-order valence-corrected chi connectivity index (χ1v) is 7.45. The van der Waals surface area contributed by atoms with Crippen molar-refractivity contribution in [1.82, 2.24) is 14.8 Å². The molecule has 2 heterocycles. The van der Waals surface area contributed by atoms with Crippen LogP contribution in [0.15, 0.2) is 29.5 Å². The van der Waals surface area contributed by atoms with Crippen molar-refractivity contribution in [2.75, 3.05) is 40.0 Å². The second-order valence-electron chi connectivity index (χ2n) is 5.30. The van der Waals surface area contributed by atoms with Crippen molar-refractivity contribution in [3.8, 4) is 0 Å². The number of pyridine rings is 1. The SMILES string of the molecule is C=N/C(=C\C(=O)N(C)CN1CCCOCC1)c1ccncc1F. The minimum Gasteiger partial charge on any atom is -0.380 e. The second-order valence-corrected chi connectivity index (χ2v) is 5.30. The molecule has 0 radical (unpaired) electrons. The Morgan fingerprint density at radius 1 is 1.57 bits per heavy atom. The third kappa shape index (κ3) is 4.94. The third-order valence-corrected chi connectivity index (χ3v) is 3.58. The van der Waals surface area contributed by atoms with Crippen molar-refractivity contribution in [2.24, 2.45) is 4.99 Å². The fourth-order valence-electron chi connectivity index (χ4n) is 2.33. The van der Waals surface area contributed by atoms with Crippen LogP contribution < -0.4 is 0 Å². The lowest BCUT2D eigenvalue weighted by molar-refractivity contribution is -0.126. The van der Waals surface area contributed by atoms with Crippen molar-refractivity contribution in [3.05, 3.63) is 35.9 Å². The summed E-state index contributed by atoms with van der Waals surface area (Å²) in [5, 5.41) is 0. The molecule has 1 aromatic rings. The average molecular weight is 320 g/mol. The van der Waals surface area contributed by atoms with Gasteiger partial charge in [-0.1, -0.05) is 0 Å². The van der Waals surface area contributed by atoms with E-state index in [0.717, 1.165) is 32.3 Å². The van der Waals surface area contributed by atoms with Crippen molar-refractivity contribution in [3.63, 3.8) is 0 Å². The Hall–Kier alpha value is -2.12. The summed E-state index contributed by atoms with van der Waals surface area (Å²) in [6.45, 7) is 6.99. The lowest BCUT2D eigenvalue weighted by Gasteiger charge is -2.25. The number of likely N-dealkylation sites (N-methyl/N-ethyl adjacent to an activating group) is 1. The summed E-state index contributed by atoms with van der Waals surface area (Å²) in [4.78, 5) is 23.5. The molecule has 1 aromatic heterocycles. The lowest BCUT2D eigenvalue weighted by atomic mass is 10.2. The van der Waals surface area contributed by atoms with E-state index in [-0.39, 0.29) is 17.2 Å². The number of ether oxygens (including phenoxy) is 1. The van der Waals surface area contributed by atoms with E-state index in [1.165, 1.54) is 18.3 Å². The van der Waals surface area contributed by atoms with Gasteiger partial charge in [-0.3, -0.25) is 19.7 Å². The van der Waals surface area contributed by atoms with Crippen LogP contribution in [-0.4, -0.2) is 67.4 Å². The van der Waals surface area contributed by atoms with Crippen LogP contribution in [0.3, 0.4) is 0 Å². The summed E-state index contributed by atoms with van der Waals surface area (Å²) in [6, 6.07) is 1.47. The van der Waals surface area contributed by atoms with Crippen LogP contribution in [0.2, 0.25) is 0 Å². The van der Waals surface area contributed by atoms with Gasteiger partial charge in [-0.2, -0.15) is 0 Å². The van der Waals surface area contributed by atoms with Crippen LogP contribution in [0.1, 0.15) is 12.0 Å². The summed E-state index contributed by atoms with van der Waals surface area (Å²) in [6.07, 6.45) is 4.77. The molecular formula is C16H21FN4O2. The molecular weight excluding hydrogens is 299 g/mol. The van der Waals surface area contributed by atoms with E-state index in [4.69, 9.17) is 4.74 Å². The molecule has 7 heteroatoms. The standard InChI is InChI=1S/C16H21FN4O2/c1-18-15(13-4-5-19-11-14(13)17)10-16(22)20(2)12-21-6-3-8-23-9-7-21/h4-5,10-11H,1,3,6-9,12H2,2H3/b15-10-. The number of hydrogen-bond acceptors (Lipinski definition) is 5. The molecule has 23 heavy (non-hydrogen) atoms. The Labute approximate surface area is 135 Å². The zero-order valence-electron chi connectivity index (χ0n) is 13.2. The fraction of sp³-hybridized carbons (Fsp3) is 0.438. The summed E-state index contributed by atoms with van der Waals surface area (Å²) >= 11 is 0. The maximum Gasteiger partial charge on any atom is 0.249 e. The van der Waals surface area contributed by atoms with Gasteiger partial charge in [-0.25, -0.2) is 4.39 Å². The monoisotopic (exact) mass is 320 g/mol. The fourth-order valence-corrected chi connectivity index (χ4v) is 2.33. The van der Waals surface area contributed by atoms with E-state index in [0.29, 0.717) is 13.3 Å². The molecule has 0 spiro atoms. The Balaban J connectivity index is 2.05. The molecule has 0 aromatic carbocycles. The van der Waals surface area contributed by atoms with E-state index in [1.807, 2.05) is 0 Å². The van der Waals surface area contributed by atoms with Gasteiger partial charge in [0.05, 0.1) is 25.2 Å². The molecule has 0 aliphatic carbocycles. The van der Waals surface area contributed by atoms with E-state index >= 15 is 0 Å². The normalized spacial score (nSPS) is 16.7. The predicted octanol–water partition coefficient (Wildman–Crippen LogP) is 1.40. The Bertz CT molecular complexity index is 583. The Morgan fingerprint density at radius 2 is 2.39 bits per heavy atom. The molecule has 124 valence electrons. The third-order valence-electron chi connectivity index (χ3n) is 3.58. The largest absolute Gasteiger partial charge is 0.380 e. The maximum atomic E-state index is 13.8. The van der Waals surface area contributed by atoms with Gasteiger partial charge < -0.3 is 9.64 Å². The molecule has 1 saturated heterocycles. The topological polar surface area (TPSA) is 58.0 Å². The molecule has 1 aliphatic rings. The molecule has 1 fully saturated rings. The highest BCUT2D eigenvalue weighted by Gasteiger charge is 2.15. The molecule has 1 amide bonds. The van der Waals surface area contributed by atoms with Gasteiger partial charge in [0.25, 0.3) is 0 Å². The Kier molecular flexibility index (Phi) is 6.37. The first kappa shape index (κ1) is 17.2. The lowest BCUT2D eigenvalue weighted by Crippen LogP contribution is -2.39. The van der Waals surface area contributed by atoms with Crippen molar-refractivity contribution < 1.29 is 13.9 Å². The van der Waals surface area contributed by atoms with Crippen LogP contribution in [0, 0.1) is 5.82 Å². The van der Waals surface area contributed by atoms with Crippen LogP contribution in [0.25, 0.3) is 5.70 Å². The van der Waals surface area contributed by atoms with E-state index < -0.39 is 5.82 Å². The summed E-state index contributed by atoms with van der Waals surface area (Å²) in [7, 11) is 1.70. The average Bonchev–Trinajstić information content (AvgIpc) is 2.81. The minimum atomic E-state index is -0.536. The second kappa shape index (κ2) is 8.50. The number of carbonyl (C=O) groups is 1. The smallest absolute Gasteiger partial charge is 0.249 e. The van der Waals surface area contributed by atoms with Crippen LogP contribution in [0.5, 0.6) is 0 Å². The molecule has 0 N–H and O–H groups in total. The summed E-state index contributed by atoms with van der Waals surface area (Å²) in [5.74, 6) is -0.792. The quantitative estimate of drug-likeness (QED) is 0.608. The number of halogens is 1. The first-order chi connectivity index (χ1) is 11.1. The number of rotatable bonds is 5. The molecule has 0 unspecified atom stereocenters. The van der Waals surface area contributed by atoms with E-state index in [9.17, 15) is 9.18 Å². The molecule has 2 rings (SSSR count). The number of aliphatic imine (C=N–C) groups is 1. The van der Waals surface area contributed by atoms with Gasteiger partial charge >= 0.3 is 0 Å². The van der Waals surface area contributed by atoms with Gasteiger partial charge in [0.15, 0.2) is 5.82 Å². The van der Waals surface area contributed by atoms with Gasteiger partial charge in [0, 0.05) is 44.6 Å². The number of hydrogen-bond donors (Lipinski definition) is 0. The molecule has 0 saturated carbocycles. The van der Waals surface area contributed by atoms with Crippen LogP contribution in [0.4, 0.5) is 4.39 Å². The minimum absolute atomic E-state index is 0.195. The van der Waals surface area contributed by atoms with Gasteiger partial charge in [-0.15, -0.1) is 0 Å². The molecule has 0 atom stereocenters. The summed E-state index contributed by atoms with van der Waals surface area (Å²) < 4.78 is 19.1.